The number of carbonyl (C=O) groups is 1. The molecule has 0 radical (unpaired) electrons. The van der Waals surface area contributed by atoms with Crippen molar-refractivity contribution in [1.82, 2.24) is 14.7 Å². The first-order valence-corrected chi connectivity index (χ1v) is 12.4. The van der Waals surface area contributed by atoms with Crippen molar-refractivity contribution in [3.8, 4) is 22.7 Å². The van der Waals surface area contributed by atoms with Gasteiger partial charge in [0.25, 0.3) is 11.6 Å². The average Bonchev–Trinajstić information content (AvgIpc) is 3.46. The molecule has 1 amide bonds. The number of nitrogens with zero attached hydrogens (tertiary/aromatic N) is 4. The minimum Gasteiger partial charge on any atom is -0.497 e. The van der Waals surface area contributed by atoms with Crippen molar-refractivity contribution in [2.24, 2.45) is 0 Å². The van der Waals surface area contributed by atoms with Gasteiger partial charge in [0.2, 0.25) is 0 Å². The van der Waals surface area contributed by atoms with Crippen molar-refractivity contribution < 1.29 is 14.5 Å². The number of thiocarbonyl (C=S) groups is 1. The molecule has 1 fully saturated rings. The molecule has 0 bridgehead atoms. The van der Waals surface area contributed by atoms with E-state index in [4.69, 9.17) is 22.1 Å². The third-order valence-electron chi connectivity index (χ3n) is 5.75. The first kappa shape index (κ1) is 24.4. The smallest absolute Gasteiger partial charge is 0.270 e. The molecule has 0 saturated carbocycles. The molecular formula is C27H20N4O4S2. The minimum absolute atomic E-state index is 0.0384. The van der Waals surface area contributed by atoms with Gasteiger partial charge < -0.3 is 4.74 Å². The van der Waals surface area contributed by atoms with Crippen molar-refractivity contribution in [1.29, 1.82) is 0 Å². The van der Waals surface area contributed by atoms with Crippen molar-refractivity contribution in [3.05, 3.63) is 111 Å². The molecule has 2 heterocycles. The van der Waals surface area contributed by atoms with E-state index in [9.17, 15) is 14.9 Å². The van der Waals surface area contributed by atoms with E-state index in [0.717, 1.165) is 17.0 Å². The van der Waals surface area contributed by atoms with Gasteiger partial charge in [-0.05, 0) is 35.9 Å². The molecule has 1 saturated heterocycles. The van der Waals surface area contributed by atoms with Crippen LogP contribution in [-0.2, 0) is 11.3 Å². The molecule has 0 spiro atoms. The molecule has 1 aromatic heterocycles. The summed E-state index contributed by atoms with van der Waals surface area (Å²) in [5.41, 5.74) is 3.45. The summed E-state index contributed by atoms with van der Waals surface area (Å²) in [5, 5.41) is 16.1. The lowest BCUT2D eigenvalue weighted by molar-refractivity contribution is -0.384. The van der Waals surface area contributed by atoms with Crippen molar-refractivity contribution >= 4 is 46.0 Å². The van der Waals surface area contributed by atoms with Crippen LogP contribution in [0.25, 0.3) is 23.0 Å². The molecule has 0 N–H and O–H groups in total. The highest BCUT2D eigenvalue weighted by Crippen LogP contribution is 2.36. The second kappa shape index (κ2) is 10.4. The second-order valence-corrected chi connectivity index (χ2v) is 9.81. The van der Waals surface area contributed by atoms with E-state index in [1.807, 2.05) is 54.6 Å². The molecule has 3 aromatic carbocycles. The molecule has 8 nitrogen and oxygen atoms in total. The molecule has 4 aromatic rings. The zero-order chi connectivity index (χ0) is 25.9. The summed E-state index contributed by atoms with van der Waals surface area (Å²) in [6.07, 6.45) is 3.55. The summed E-state index contributed by atoms with van der Waals surface area (Å²) in [6.45, 7) is 0.340. The fourth-order valence-electron chi connectivity index (χ4n) is 3.89. The van der Waals surface area contributed by atoms with Gasteiger partial charge in [-0.25, -0.2) is 4.68 Å². The summed E-state index contributed by atoms with van der Waals surface area (Å²) in [6, 6.07) is 23.3. The van der Waals surface area contributed by atoms with Gasteiger partial charge in [-0.3, -0.25) is 19.8 Å². The van der Waals surface area contributed by atoms with Gasteiger partial charge in [0.1, 0.15) is 15.8 Å². The first-order chi connectivity index (χ1) is 17.9. The highest BCUT2D eigenvalue weighted by Gasteiger charge is 2.32. The third-order valence-corrected chi connectivity index (χ3v) is 7.13. The van der Waals surface area contributed by atoms with Gasteiger partial charge in [0.05, 0.1) is 29.2 Å². The van der Waals surface area contributed by atoms with Crippen LogP contribution in [0, 0.1) is 10.1 Å². The maximum absolute atomic E-state index is 13.3. The Balaban J connectivity index is 1.51. The normalized spacial score (nSPS) is 14.4. The fraction of sp³-hybridized carbons (Fsp3) is 0.0741. The Morgan fingerprint density at radius 2 is 1.84 bits per heavy atom. The Labute approximate surface area is 222 Å². The Morgan fingerprint density at radius 3 is 2.54 bits per heavy atom. The molecule has 10 heteroatoms. The van der Waals surface area contributed by atoms with Gasteiger partial charge in [-0.15, -0.1) is 0 Å². The largest absolute Gasteiger partial charge is 0.497 e. The van der Waals surface area contributed by atoms with Gasteiger partial charge in [-0.1, -0.05) is 66.4 Å². The highest BCUT2D eigenvalue weighted by molar-refractivity contribution is 8.26. The number of rotatable bonds is 7. The average molecular weight is 529 g/mol. The number of para-hydroxylation sites is 1. The maximum Gasteiger partial charge on any atom is 0.270 e. The number of methoxy groups -OCH3 is 1. The predicted molar refractivity (Wildman–Crippen MR) is 147 cm³/mol. The predicted octanol–water partition coefficient (Wildman–Crippen LogP) is 5.86. The second-order valence-electron chi connectivity index (χ2n) is 8.14. The van der Waals surface area contributed by atoms with Crippen LogP contribution >= 0.6 is 24.0 Å². The third kappa shape index (κ3) is 5.16. The number of carbonyl (C=O) groups excluding carboxylic acids is 1. The van der Waals surface area contributed by atoms with Gasteiger partial charge >= 0.3 is 0 Å². The van der Waals surface area contributed by atoms with E-state index in [0.29, 0.717) is 32.6 Å². The van der Waals surface area contributed by atoms with Crippen LogP contribution in [-0.4, -0.2) is 36.9 Å². The number of amides is 1. The Bertz CT molecular complexity index is 1530. The van der Waals surface area contributed by atoms with E-state index in [2.05, 4.69) is 0 Å². The Kier molecular flexibility index (Phi) is 6.85. The number of nitro groups is 1. The number of non-ortho nitro benzene ring substituents is 1. The molecule has 37 heavy (non-hydrogen) atoms. The topological polar surface area (TPSA) is 90.5 Å². The van der Waals surface area contributed by atoms with Crippen LogP contribution < -0.4 is 4.74 Å². The quantitative estimate of drug-likeness (QED) is 0.128. The summed E-state index contributed by atoms with van der Waals surface area (Å²) in [7, 11) is 1.60. The summed E-state index contributed by atoms with van der Waals surface area (Å²) < 4.78 is 7.35. The van der Waals surface area contributed by atoms with Crippen molar-refractivity contribution in [3.63, 3.8) is 0 Å². The van der Waals surface area contributed by atoms with Crippen LogP contribution in [0.5, 0.6) is 5.75 Å². The van der Waals surface area contributed by atoms with E-state index in [-0.39, 0.29) is 11.6 Å². The van der Waals surface area contributed by atoms with Crippen LogP contribution in [0.2, 0.25) is 0 Å². The molecule has 184 valence electrons. The standard InChI is InChI=1S/C27H20N4O4S2/c1-35-23-12-10-18(11-13-23)16-29-26(32)24(37-27(29)36)15-20-17-30(21-7-3-2-4-8-21)28-25(20)19-6-5-9-22(14-19)31(33)34/h2-15,17H,16H2,1H3/b24-15+. The Hall–Kier alpha value is -4.28. The zero-order valence-electron chi connectivity index (χ0n) is 19.6. The first-order valence-electron chi connectivity index (χ1n) is 11.2. The highest BCUT2D eigenvalue weighted by atomic mass is 32.2. The number of aromatic nitrogens is 2. The molecule has 1 aliphatic heterocycles. The summed E-state index contributed by atoms with van der Waals surface area (Å²) in [4.78, 5) is 26.3. The monoisotopic (exact) mass is 528 g/mol. The van der Waals surface area contributed by atoms with Crippen LogP contribution in [0.4, 0.5) is 5.69 Å². The fourth-order valence-corrected chi connectivity index (χ4v) is 5.13. The van der Waals surface area contributed by atoms with E-state index in [1.54, 1.807) is 41.1 Å². The number of nitro benzene ring substituents is 1. The van der Waals surface area contributed by atoms with Crippen LogP contribution in [0.3, 0.4) is 0 Å². The molecule has 1 aliphatic rings. The van der Waals surface area contributed by atoms with Gasteiger partial charge in [0, 0.05) is 29.5 Å². The van der Waals surface area contributed by atoms with Crippen molar-refractivity contribution in [2.45, 2.75) is 6.54 Å². The van der Waals surface area contributed by atoms with E-state index >= 15 is 0 Å². The van der Waals surface area contributed by atoms with Gasteiger partial charge in [0.15, 0.2) is 0 Å². The van der Waals surface area contributed by atoms with E-state index in [1.165, 1.54) is 23.9 Å². The lowest BCUT2D eigenvalue weighted by Gasteiger charge is -2.14. The SMILES string of the molecule is COc1ccc(CN2C(=O)/C(=C\c3cn(-c4ccccc4)nc3-c3cccc([N+](=O)[O-])c3)SC2=S)cc1. The molecule has 0 unspecified atom stereocenters. The Morgan fingerprint density at radius 1 is 1.08 bits per heavy atom. The number of ether oxygens (including phenoxy) is 1. The van der Waals surface area contributed by atoms with Crippen molar-refractivity contribution in [2.75, 3.05) is 7.11 Å². The zero-order valence-corrected chi connectivity index (χ0v) is 21.2. The number of hydrogen-bond acceptors (Lipinski definition) is 7. The number of benzene rings is 3. The lowest BCUT2D eigenvalue weighted by Crippen LogP contribution is -2.27. The van der Waals surface area contributed by atoms with Crippen LogP contribution in [0.1, 0.15) is 11.1 Å². The minimum atomic E-state index is -0.443. The maximum atomic E-state index is 13.3. The number of thioether (sulfide) groups is 1. The molecule has 0 aliphatic carbocycles. The summed E-state index contributed by atoms with van der Waals surface area (Å²) >= 11 is 6.74. The number of hydrogen-bond donors (Lipinski definition) is 0. The van der Waals surface area contributed by atoms with Gasteiger partial charge in [-0.2, -0.15) is 5.10 Å². The molecule has 0 atom stereocenters. The summed E-state index contributed by atoms with van der Waals surface area (Å²) in [5.74, 6) is 0.529. The van der Waals surface area contributed by atoms with E-state index < -0.39 is 4.92 Å². The molecule has 5 rings (SSSR count). The van der Waals surface area contributed by atoms with Crippen LogP contribution in [0.15, 0.2) is 90.0 Å². The lowest BCUT2D eigenvalue weighted by atomic mass is 10.1. The molecular weight excluding hydrogens is 508 g/mol.